The van der Waals surface area contributed by atoms with Crippen molar-refractivity contribution in [2.24, 2.45) is 0 Å². The molecule has 27 heavy (non-hydrogen) atoms. The molecule has 0 spiro atoms. The number of amides is 1. The van der Waals surface area contributed by atoms with E-state index in [2.05, 4.69) is 22.3 Å². The lowest BCUT2D eigenvalue weighted by molar-refractivity contribution is 0.103. The lowest BCUT2D eigenvalue weighted by Crippen LogP contribution is -2.17. The van der Waals surface area contributed by atoms with Gasteiger partial charge in [-0.2, -0.15) is 4.68 Å². The molecule has 2 heterocycles. The summed E-state index contributed by atoms with van der Waals surface area (Å²) in [6.07, 6.45) is 2.74. The average molecular weight is 385 g/mol. The van der Waals surface area contributed by atoms with Crippen molar-refractivity contribution < 1.29 is 4.79 Å². The number of carbonyl (C=O) groups is 1. The first-order valence-corrected chi connectivity index (χ1v) is 9.88. The van der Waals surface area contributed by atoms with Crippen LogP contribution in [0.3, 0.4) is 0 Å². The van der Waals surface area contributed by atoms with Crippen LogP contribution < -0.4 is 10.9 Å². The third-order valence-electron chi connectivity index (χ3n) is 4.47. The van der Waals surface area contributed by atoms with Crippen molar-refractivity contribution in [3.05, 3.63) is 62.0 Å². The van der Waals surface area contributed by atoms with Gasteiger partial charge in [0.15, 0.2) is 0 Å². The minimum atomic E-state index is -0.220. The third kappa shape index (κ3) is 4.03. The Labute approximate surface area is 162 Å². The SMILES string of the molecule is CCCCc1c(C)[nH]n(-c2nc(C)c(C(=O)Nc3ccc(C)cc3)s2)c1=O. The van der Waals surface area contributed by atoms with E-state index in [1.807, 2.05) is 38.1 Å². The highest BCUT2D eigenvalue weighted by molar-refractivity contribution is 7.16. The van der Waals surface area contributed by atoms with E-state index in [0.717, 1.165) is 41.8 Å². The number of aromatic nitrogens is 3. The number of benzene rings is 1. The number of rotatable bonds is 6. The molecule has 0 fully saturated rings. The van der Waals surface area contributed by atoms with Crippen LogP contribution in [0.5, 0.6) is 0 Å². The monoisotopic (exact) mass is 384 g/mol. The van der Waals surface area contributed by atoms with Crippen LogP contribution in [0.1, 0.15) is 52.0 Å². The van der Waals surface area contributed by atoms with Gasteiger partial charge in [-0.25, -0.2) is 4.98 Å². The molecule has 0 saturated heterocycles. The van der Waals surface area contributed by atoms with Gasteiger partial charge in [-0.3, -0.25) is 14.7 Å². The fourth-order valence-electron chi connectivity index (χ4n) is 2.88. The number of hydrogen-bond acceptors (Lipinski definition) is 4. The molecule has 2 N–H and O–H groups in total. The average Bonchev–Trinajstić information content (AvgIpc) is 3.15. The van der Waals surface area contributed by atoms with Gasteiger partial charge in [0.05, 0.1) is 5.69 Å². The topological polar surface area (TPSA) is 79.8 Å². The first kappa shape index (κ1) is 19.1. The third-order valence-corrected chi connectivity index (χ3v) is 5.61. The Morgan fingerprint density at radius 2 is 1.93 bits per heavy atom. The molecule has 7 heteroatoms. The van der Waals surface area contributed by atoms with E-state index >= 15 is 0 Å². The summed E-state index contributed by atoms with van der Waals surface area (Å²) in [5.41, 5.74) is 4.02. The van der Waals surface area contributed by atoms with Gasteiger partial charge in [0, 0.05) is 16.9 Å². The number of hydrogen-bond donors (Lipinski definition) is 2. The summed E-state index contributed by atoms with van der Waals surface area (Å²) in [5, 5.41) is 6.46. The number of aryl methyl sites for hydroxylation is 3. The van der Waals surface area contributed by atoms with Crippen LogP contribution >= 0.6 is 11.3 Å². The highest BCUT2D eigenvalue weighted by Gasteiger charge is 2.19. The smallest absolute Gasteiger partial charge is 0.276 e. The number of H-pyrrole nitrogens is 1. The number of nitrogens with one attached hydrogen (secondary N) is 2. The fourth-order valence-corrected chi connectivity index (χ4v) is 3.80. The second-order valence-electron chi connectivity index (χ2n) is 6.69. The molecule has 3 aromatic rings. The van der Waals surface area contributed by atoms with E-state index in [4.69, 9.17) is 0 Å². The van der Waals surface area contributed by atoms with Crippen molar-refractivity contribution in [1.82, 2.24) is 14.8 Å². The van der Waals surface area contributed by atoms with Crippen molar-refractivity contribution in [2.75, 3.05) is 5.32 Å². The molecule has 1 aromatic carbocycles. The van der Waals surface area contributed by atoms with Gasteiger partial charge in [0.1, 0.15) is 4.88 Å². The maximum absolute atomic E-state index is 12.7. The number of anilines is 1. The highest BCUT2D eigenvalue weighted by Crippen LogP contribution is 2.22. The maximum Gasteiger partial charge on any atom is 0.276 e. The van der Waals surface area contributed by atoms with E-state index < -0.39 is 0 Å². The second-order valence-corrected chi connectivity index (χ2v) is 7.67. The molecular formula is C20H24N4O2S. The molecular weight excluding hydrogens is 360 g/mol. The van der Waals surface area contributed by atoms with Crippen LogP contribution in [0, 0.1) is 20.8 Å². The van der Waals surface area contributed by atoms with Crippen molar-refractivity contribution >= 4 is 22.9 Å². The Bertz CT molecular complexity index is 1010. The zero-order valence-corrected chi connectivity index (χ0v) is 16.9. The van der Waals surface area contributed by atoms with Crippen LogP contribution in [0.2, 0.25) is 0 Å². The number of nitrogens with zero attached hydrogens (tertiary/aromatic N) is 2. The summed E-state index contributed by atoms with van der Waals surface area (Å²) in [7, 11) is 0. The lowest BCUT2D eigenvalue weighted by atomic mass is 10.1. The Kier molecular flexibility index (Phi) is 5.60. The lowest BCUT2D eigenvalue weighted by Gasteiger charge is -2.04. The normalized spacial score (nSPS) is 11.0. The standard InChI is InChI=1S/C20H24N4O2S/c1-5-6-7-16-13(3)23-24(19(16)26)20-21-14(4)17(27-20)18(25)22-15-10-8-12(2)9-11-15/h8-11,23H,5-7H2,1-4H3,(H,22,25). The zero-order valence-electron chi connectivity index (χ0n) is 16.0. The van der Waals surface area contributed by atoms with Crippen molar-refractivity contribution in [1.29, 1.82) is 0 Å². The highest BCUT2D eigenvalue weighted by atomic mass is 32.1. The molecule has 0 aliphatic heterocycles. The predicted octanol–water partition coefficient (Wildman–Crippen LogP) is 4.14. The van der Waals surface area contributed by atoms with Gasteiger partial charge in [-0.1, -0.05) is 42.4 Å². The molecule has 0 bridgehead atoms. The molecule has 0 aliphatic carbocycles. The molecule has 1 amide bonds. The summed E-state index contributed by atoms with van der Waals surface area (Å²) in [6, 6.07) is 7.62. The number of unbranched alkanes of at least 4 members (excludes halogenated alkanes) is 1. The van der Waals surface area contributed by atoms with Gasteiger partial charge in [0.25, 0.3) is 11.5 Å². The van der Waals surface area contributed by atoms with Gasteiger partial charge in [-0.15, -0.1) is 0 Å². The molecule has 0 atom stereocenters. The summed E-state index contributed by atoms with van der Waals surface area (Å²) in [4.78, 5) is 30.3. The van der Waals surface area contributed by atoms with Gasteiger partial charge < -0.3 is 5.32 Å². The maximum atomic E-state index is 12.7. The Morgan fingerprint density at radius 3 is 2.59 bits per heavy atom. The first-order chi connectivity index (χ1) is 12.9. The molecule has 0 saturated carbocycles. The molecule has 142 valence electrons. The van der Waals surface area contributed by atoms with Gasteiger partial charge in [-0.05, 0) is 45.7 Å². The summed E-state index contributed by atoms with van der Waals surface area (Å²) in [6.45, 7) is 7.77. The quantitative estimate of drug-likeness (QED) is 0.670. The van der Waals surface area contributed by atoms with E-state index in [9.17, 15) is 9.59 Å². The molecule has 0 aliphatic rings. The summed E-state index contributed by atoms with van der Waals surface area (Å²) in [5.74, 6) is -0.220. The molecule has 3 rings (SSSR count). The minimum Gasteiger partial charge on any atom is -0.321 e. The van der Waals surface area contributed by atoms with Gasteiger partial charge in [0.2, 0.25) is 5.13 Å². The molecule has 0 radical (unpaired) electrons. The van der Waals surface area contributed by atoms with Crippen LogP contribution in [0.15, 0.2) is 29.1 Å². The number of thiazole rings is 1. The summed E-state index contributed by atoms with van der Waals surface area (Å²) < 4.78 is 1.45. The Balaban J connectivity index is 1.87. The van der Waals surface area contributed by atoms with E-state index in [-0.39, 0.29) is 11.5 Å². The van der Waals surface area contributed by atoms with E-state index in [1.165, 1.54) is 16.0 Å². The van der Waals surface area contributed by atoms with Crippen molar-refractivity contribution in [2.45, 2.75) is 47.0 Å². The van der Waals surface area contributed by atoms with E-state index in [1.54, 1.807) is 6.92 Å². The largest absolute Gasteiger partial charge is 0.321 e. The van der Waals surface area contributed by atoms with Gasteiger partial charge >= 0.3 is 0 Å². The zero-order chi connectivity index (χ0) is 19.6. The van der Waals surface area contributed by atoms with Crippen LogP contribution in [0.4, 0.5) is 5.69 Å². The van der Waals surface area contributed by atoms with Crippen molar-refractivity contribution in [3.63, 3.8) is 0 Å². The number of carbonyl (C=O) groups excluding carboxylic acids is 1. The fraction of sp³-hybridized carbons (Fsp3) is 0.350. The number of aromatic amines is 1. The molecule has 0 unspecified atom stereocenters. The Morgan fingerprint density at radius 1 is 1.22 bits per heavy atom. The van der Waals surface area contributed by atoms with E-state index in [0.29, 0.717) is 15.7 Å². The molecule has 2 aromatic heterocycles. The predicted molar refractivity (Wildman–Crippen MR) is 109 cm³/mol. The van der Waals surface area contributed by atoms with Crippen LogP contribution in [0.25, 0.3) is 5.13 Å². The second kappa shape index (κ2) is 7.92. The molecule has 6 nitrogen and oxygen atoms in total. The summed E-state index contributed by atoms with van der Waals surface area (Å²) >= 11 is 1.21. The van der Waals surface area contributed by atoms with Crippen LogP contribution in [-0.2, 0) is 6.42 Å². The van der Waals surface area contributed by atoms with Crippen molar-refractivity contribution in [3.8, 4) is 5.13 Å². The Hall–Kier alpha value is -2.67. The van der Waals surface area contributed by atoms with Crippen LogP contribution in [-0.4, -0.2) is 20.7 Å². The minimum absolute atomic E-state index is 0.0832. The first-order valence-electron chi connectivity index (χ1n) is 9.07.